The van der Waals surface area contributed by atoms with Crippen LogP contribution in [0.3, 0.4) is 0 Å². The predicted molar refractivity (Wildman–Crippen MR) is 96.3 cm³/mol. The van der Waals surface area contributed by atoms with E-state index >= 15 is 0 Å². The van der Waals surface area contributed by atoms with Crippen LogP contribution in [0.4, 0.5) is 5.69 Å². The highest BCUT2D eigenvalue weighted by Gasteiger charge is 2.35. The van der Waals surface area contributed by atoms with Crippen molar-refractivity contribution in [2.75, 3.05) is 5.32 Å². The lowest BCUT2D eigenvalue weighted by Crippen LogP contribution is -2.47. The molecule has 0 unspecified atom stereocenters. The number of hydrogen-bond donors (Lipinski definition) is 2. The van der Waals surface area contributed by atoms with Crippen molar-refractivity contribution >= 4 is 11.6 Å². The van der Waals surface area contributed by atoms with Crippen LogP contribution < -0.4 is 5.32 Å². The van der Waals surface area contributed by atoms with Gasteiger partial charge in [0.15, 0.2) is 0 Å². The number of carbonyl (C=O) groups excluding carboxylic acids is 1. The highest BCUT2D eigenvalue weighted by molar-refractivity contribution is 6.01. The van der Waals surface area contributed by atoms with Crippen LogP contribution in [0.15, 0.2) is 36.4 Å². The number of phenols is 1. The molecule has 1 aliphatic heterocycles. The predicted octanol–water partition coefficient (Wildman–Crippen LogP) is 4.37. The van der Waals surface area contributed by atoms with Crippen molar-refractivity contribution in [1.82, 2.24) is 4.90 Å². The van der Waals surface area contributed by atoms with Crippen molar-refractivity contribution in [3.05, 3.63) is 58.7 Å². The number of fused-ring (bicyclic) bond motifs is 1. The molecule has 0 saturated carbocycles. The van der Waals surface area contributed by atoms with Crippen molar-refractivity contribution in [1.29, 1.82) is 0 Å². The number of nitrogens with zero attached hydrogens (tertiary/aromatic N) is 1. The molecule has 0 aromatic heterocycles. The lowest BCUT2D eigenvalue weighted by Gasteiger charge is -2.41. The van der Waals surface area contributed by atoms with Gasteiger partial charge in [-0.15, -0.1) is 0 Å². The molecule has 1 aliphatic rings. The van der Waals surface area contributed by atoms with Crippen molar-refractivity contribution in [2.24, 2.45) is 0 Å². The van der Waals surface area contributed by atoms with E-state index in [-0.39, 0.29) is 18.1 Å². The van der Waals surface area contributed by atoms with Crippen LogP contribution in [0, 0.1) is 13.8 Å². The van der Waals surface area contributed by atoms with Crippen molar-refractivity contribution < 1.29 is 9.90 Å². The molecule has 0 spiro atoms. The Hall–Kier alpha value is -2.49. The summed E-state index contributed by atoms with van der Waals surface area (Å²) < 4.78 is 0. The van der Waals surface area contributed by atoms with Crippen LogP contribution in [0.2, 0.25) is 0 Å². The topological polar surface area (TPSA) is 52.6 Å². The molecule has 1 amide bonds. The van der Waals surface area contributed by atoms with Crippen molar-refractivity contribution in [3.63, 3.8) is 0 Å². The first kappa shape index (κ1) is 16.4. The molecule has 2 atom stereocenters. The number of benzene rings is 2. The number of nitrogens with one attached hydrogen (secondary N) is 1. The van der Waals surface area contributed by atoms with Gasteiger partial charge in [-0.2, -0.15) is 0 Å². The van der Waals surface area contributed by atoms with E-state index in [1.807, 2.05) is 55.1 Å². The number of aromatic hydroxyl groups is 1. The molecule has 0 fully saturated rings. The molecule has 2 N–H and O–H groups in total. The number of anilines is 1. The molecule has 2 aromatic rings. The summed E-state index contributed by atoms with van der Waals surface area (Å²) in [7, 11) is 0. The summed E-state index contributed by atoms with van der Waals surface area (Å²) in [4.78, 5) is 15.0. The first-order chi connectivity index (χ1) is 11.4. The Morgan fingerprint density at radius 2 is 1.83 bits per heavy atom. The summed E-state index contributed by atoms with van der Waals surface area (Å²) >= 11 is 0. The number of amides is 1. The average molecular weight is 324 g/mol. The van der Waals surface area contributed by atoms with Crippen molar-refractivity contribution in [2.45, 2.75) is 46.3 Å². The highest BCUT2D eigenvalue weighted by Crippen LogP contribution is 2.37. The van der Waals surface area contributed by atoms with Gasteiger partial charge in [0.1, 0.15) is 11.9 Å². The molecule has 126 valence electrons. The summed E-state index contributed by atoms with van der Waals surface area (Å²) in [6.45, 7) is 7.93. The zero-order valence-corrected chi connectivity index (χ0v) is 14.6. The largest absolute Gasteiger partial charge is 0.507 e. The van der Waals surface area contributed by atoms with Crippen LogP contribution >= 0.6 is 0 Å². The molecular weight excluding hydrogens is 300 g/mol. The molecule has 4 heteroatoms. The second-order valence-electron chi connectivity index (χ2n) is 6.57. The summed E-state index contributed by atoms with van der Waals surface area (Å²) in [6, 6.07) is 11.6. The van der Waals surface area contributed by atoms with Gasteiger partial charge in [0, 0.05) is 11.7 Å². The fourth-order valence-electron chi connectivity index (χ4n) is 3.31. The highest BCUT2D eigenvalue weighted by atomic mass is 16.3. The fourth-order valence-corrected chi connectivity index (χ4v) is 3.31. The maximum absolute atomic E-state index is 13.1. The Kier molecular flexibility index (Phi) is 4.22. The number of aryl methyl sites for hydroxylation is 2. The monoisotopic (exact) mass is 324 g/mol. The van der Waals surface area contributed by atoms with Gasteiger partial charge >= 0.3 is 0 Å². The van der Waals surface area contributed by atoms with E-state index in [4.69, 9.17) is 0 Å². The van der Waals surface area contributed by atoms with Gasteiger partial charge in [0.25, 0.3) is 5.91 Å². The third-order valence-electron chi connectivity index (χ3n) is 4.86. The maximum atomic E-state index is 13.1. The number of rotatable bonds is 3. The van der Waals surface area contributed by atoms with Gasteiger partial charge in [-0.25, -0.2) is 0 Å². The molecule has 4 nitrogen and oxygen atoms in total. The van der Waals surface area contributed by atoms with E-state index < -0.39 is 0 Å². The number of phenolic OH excluding ortho intramolecular Hbond substituents is 1. The number of hydrogen-bond acceptors (Lipinski definition) is 3. The minimum Gasteiger partial charge on any atom is -0.507 e. The van der Waals surface area contributed by atoms with E-state index in [2.05, 4.69) is 19.2 Å². The third-order valence-corrected chi connectivity index (χ3v) is 4.86. The van der Waals surface area contributed by atoms with Crippen molar-refractivity contribution in [3.8, 4) is 5.75 Å². The van der Waals surface area contributed by atoms with Crippen LogP contribution in [0.25, 0.3) is 0 Å². The van der Waals surface area contributed by atoms with E-state index in [9.17, 15) is 9.90 Å². The second kappa shape index (κ2) is 6.19. The fraction of sp³-hybridized carbons (Fsp3) is 0.350. The molecule has 0 bridgehead atoms. The van der Waals surface area contributed by atoms with E-state index in [1.165, 1.54) is 0 Å². The zero-order valence-electron chi connectivity index (χ0n) is 14.6. The van der Waals surface area contributed by atoms with Gasteiger partial charge in [0.05, 0.1) is 5.56 Å². The van der Waals surface area contributed by atoms with Crippen LogP contribution in [-0.4, -0.2) is 22.0 Å². The van der Waals surface area contributed by atoms with Gasteiger partial charge in [0.2, 0.25) is 0 Å². The van der Waals surface area contributed by atoms with E-state index in [0.717, 1.165) is 28.8 Å². The van der Waals surface area contributed by atoms with Gasteiger partial charge in [-0.3, -0.25) is 4.79 Å². The lowest BCUT2D eigenvalue weighted by atomic mass is 9.98. The minimum absolute atomic E-state index is 0.0482. The van der Waals surface area contributed by atoms with Gasteiger partial charge in [-0.05, 0) is 68.1 Å². The first-order valence-electron chi connectivity index (χ1n) is 8.42. The molecule has 0 aliphatic carbocycles. The molecule has 0 radical (unpaired) electrons. The summed E-state index contributed by atoms with van der Waals surface area (Å²) in [6.07, 6.45) is 0.641. The molecular formula is C20H24N2O2. The Bertz CT molecular complexity index is 762. The normalized spacial score (nSPS) is 18.1. The molecule has 3 rings (SSSR count). The standard InChI is InChI=1S/C20H24N2O2/c1-5-14(4)22-19(15-10-12(2)18(23)13(3)11-15)21-17-9-7-6-8-16(17)20(22)24/h6-11,14,19,21,23H,5H2,1-4H3/t14-,19-/m1/s1. The number of carbonyl (C=O) groups is 1. The number of para-hydroxylation sites is 1. The first-order valence-corrected chi connectivity index (χ1v) is 8.42. The molecule has 24 heavy (non-hydrogen) atoms. The molecule has 1 heterocycles. The Balaban J connectivity index is 2.12. The van der Waals surface area contributed by atoms with E-state index in [0.29, 0.717) is 11.3 Å². The smallest absolute Gasteiger partial charge is 0.258 e. The maximum Gasteiger partial charge on any atom is 0.258 e. The quantitative estimate of drug-likeness (QED) is 0.881. The van der Waals surface area contributed by atoms with Crippen LogP contribution in [0.1, 0.15) is 53.5 Å². The SMILES string of the molecule is CC[C@@H](C)N1C(=O)c2ccccc2N[C@H]1c1cc(C)c(O)c(C)c1. The van der Waals surface area contributed by atoms with Crippen LogP contribution in [-0.2, 0) is 0 Å². The second-order valence-corrected chi connectivity index (χ2v) is 6.57. The Labute approximate surface area is 143 Å². The van der Waals surface area contributed by atoms with Crippen LogP contribution in [0.5, 0.6) is 5.75 Å². The summed E-state index contributed by atoms with van der Waals surface area (Å²) in [5, 5.41) is 13.6. The summed E-state index contributed by atoms with van der Waals surface area (Å²) in [5.74, 6) is 0.364. The Morgan fingerprint density at radius 3 is 2.46 bits per heavy atom. The third kappa shape index (κ3) is 2.62. The lowest BCUT2D eigenvalue weighted by molar-refractivity contribution is 0.0593. The minimum atomic E-state index is -0.236. The molecule has 2 aromatic carbocycles. The molecule has 0 saturated heterocycles. The van der Waals surface area contributed by atoms with E-state index in [1.54, 1.807) is 0 Å². The Morgan fingerprint density at radius 1 is 1.21 bits per heavy atom. The zero-order chi connectivity index (χ0) is 17.4. The average Bonchev–Trinajstić information content (AvgIpc) is 2.58. The van der Waals surface area contributed by atoms with Gasteiger partial charge < -0.3 is 15.3 Å². The van der Waals surface area contributed by atoms with Gasteiger partial charge in [-0.1, -0.05) is 19.1 Å². The summed E-state index contributed by atoms with van der Waals surface area (Å²) in [5.41, 5.74) is 4.20.